The second-order valence-corrected chi connectivity index (χ2v) is 3.66. The number of carboxylic acids is 1. The number of aromatic nitrogens is 2. The number of hydrogen-bond acceptors (Lipinski definition) is 4. The molecule has 0 unspecified atom stereocenters. The fourth-order valence-electron chi connectivity index (χ4n) is 1.44. The van der Waals surface area contributed by atoms with Crippen molar-refractivity contribution < 1.29 is 14.6 Å². The lowest BCUT2D eigenvalue weighted by Gasteiger charge is -2.05. The van der Waals surface area contributed by atoms with E-state index in [1.807, 2.05) is 24.3 Å². The minimum atomic E-state index is -1.11. The molecule has 0 aliphatic heterocycles. The van der Waals surface area contributed by atoms with E-state index in [2.05, 4.69) is 17.1 Å². The summed E-state index contributed by atoms with van der Waals surface area (Å²) in [5.41, 5.74) is 1.05. The summed E-state index contributed by atoms with van der Waals surface area (Å²) in [7, 11) is 0. The van der Waals surface area contributed by atoms with Crippen molar-refractivity contribution >= 4 is 5.97 Å². The van der Waals surface area contributed by atoms with E-state index in [1.54, 1.807) is 0 Å². The van der Waals surface area contributed by atoms with Crippen LogP contribution in [-0.4, -0.2) is 21.3 Å². The fourth-order valence-corrected chi connectivity index (χ4v) is 1.44. The highest BCUT2D eigenvalue weighted by molar-refractivity contribution is 5.84. The van der Waals surface area contributed by atoms with Crippen LogP contribution in [0.5, 0.6) is 11.6 Å². The van der Waals surface area contributed by atoms with Crippen molar-refractivity contribution in [2.75, 3.05) is 0 Å². The Morgan fingerprint density at radius 1 is 1.28 bits per heavy atom. The molecule has 2 aromatic rings. The maximum atomic E-state index is 10.6. The molecular weight excluding hydrogens is 232 g/mol. The van der Waals surface area contributed by atoms with Gasteiger partial charge in [0.1, 0.15) is 5.75 Å². The smallest absolute Gasteiger partial charge is 0.356 e. The second-order valence-electron chi connectivity index (χ2n) is 3.66. The van der Waals surface area contributed by atoms with E-state index in [-0.39, 0.29) is 11.6 Å². The molecule has 0 spiro atoms. The van der Waals surface area contributed by atoms with Gasteiger partial charge in [-0.2, -0.15) is 0 Å². The highest BCUT2D eigenvalue weighted by Crippen LogP contribution is 2.20. The molecule has 18 heavy (non-hydrogen) atoms. The first-order chi connectivity index (χ1) is 8.69. The summed E-state index contributed by atoms with van der Waals surface area (Å²) < 4.78 is 5.49. The third-order valence-electron chi connectivity index (χ3n) is 2.39. The standard InChI is InChI=1S/C13H12N2O3/c1-2-9-4-3-5-10(8-9)18-12-7-6-11(13(16)17)14-15-12/h3-8H,2H2,1H3,(H,16,17). The van der Waals surface area contributed by atoms with Crippen LogP contribution in [0.2, 0.25) is 0 Å². The van der Waals surface area contributed by atoms with Gasteiger partial charge in [0, 0.05) is 6.07 Å². The molecule has 5 heteroatoms. The first kappa shape index (κ1) is 12.0. The van der Waals surface area contributed by atoms with E-state index in [1.165, 1.54) is 12.1 Å². The summed E-state index contributed by atoms with van der Waals surface area (Å²) in [5.74, 6) is -0.179. The number of carboxylic acid groups (broad SMARTS) is 1. The van der Waals surface area contributed by atoms with Gasteiger partial charge < -0.3 is 9.84 Å². The predicted molar refractivity (Wildman–Crippen MR) is 64.9 cm³/mol. The lowest BCUT2D eigenvalue weighted by atomic mass is 10.2. The molecule has 0 radical (unpaired) electrons. The largest absolute Gasteiger partial charge is 0.476 e. The van der Waals surface area contributed by atoms with Crippen molar-refractivity contribution in [3.63, 3.8) is 0 Å². The number of aromatic carboxylic acids is 1. The van der Waals surface area contributed by atoms with Crippen LogP contribution in [0.1, 0.15) is 23.0 Å². The van der Waals surface area contributed by atoms with Gasteiger partial charge >= 0.3 is 5.97 Å². The Labute approximate surface area is 104 Å². The summed E-state index contributed by atoms with van der Waals surface area (Å²) >= 11 is 0. The van der Waals surface area contributed by atoms with E-state index >= 15 is 0 Å². The van der Waals surface area contributed by atoms with Crippen LogP contribution in [0.3, 0.4) is 0 Å². The molecule has 1 aromatic carbocycles. The summed E-state index contributed by atoms with van der Waals surface area (Å²) in [6.45, 7) is 2.06. The quantitative estimate of drug-likeness (QED) is 0.894. The number of ether oxygens (including phenoxy) is 1. The van der Waals surface area contributed by atoms with Crippen molar-refractivity contribution in [1.82, 2.24) is 10.2 Å². The van der Waals surface area contributed by atoms with E-state index in [4.69, 9.17) is 9.84 Å². The number of rotatable bonds is 4. The zero-order chi connectivity index (χ0) is 13.0. The van der Waals surface area contributed by atoms with Crippen LogP contribution in [0.4, 0.5) is 0 Å². The first-order valence-electron chi connectivity index (χ1n) is 5.53. The van der Waals surface area contributed by atoms with Gasteiger partial charge in [-0.15, -0.1) is 10.2 Å². The lowest BCUT2D eigenvalue weighted by molar-refractivity contribution is 0.0689. The molecule has 92 valence electrons. The summed E-state index contributed by atoms with van der Waals surface area (Å²) in [6, 6.07) is 10.5. The Hall–Kier alpha value is -2.43. The Balaban J connectivity index is 2.15. The number of benzene rings is 1. The number of hydrogen-bond donors (Lipinski definition) is 1. The third kappa shape index (κ3) is 2.82. The highest BCUT2D eigenvalue weighted by Gasteiger charge is 2.06. The van der Waals surface area contributed by atoms with E-state index < -0.39 is 5.97 Å². The third-order valence-corrected chi connectivity index (χ3v) is 2.39. The van der Waals surface area contributed by atoms with Crippen LogP contribution in [-0.2, 0) is 6.42 Å². The summed E-state index contributed by atoms with van der Waals surface area (Å²) in [5, 5.41) is 15.9. The van der Waals surface area contributed by atoms with Crippen LogP contribution in [0.25, 0.3) is 0 Å². The molecule has 1 aromatic heterocycles. The minimum Gasteiger partial charge on any atom is -0.476 e. The van der Waals surface area contributed by atoms with E-state index in [0.29, 0.717) is 5.75 Å². The Bertz CT molecular complexity index is 552. The minimum absolute atomic E-state index is 0.107. The van der Waals surface area contributed by atoms with Crippen molar-refractivity contribution in [3.8, 4) is 11.6 Å². The lowest BCUT2D eigenvalue weighted by Crippen LogP contribution is -2.02. The maximum Gasteiger partial charge on any atom is 0.356 e. The summed E-state index contributed by atoms with van der Waals surface area (Å²) in [6.07, 6.45) is 0.917. The topological polar surface area (TPSA) is 72.3 Å². The average molecular weight is 244 g/mol. The molecule has 2 rings (SSSR count). The second kappa shape index (κ2) is 5.27. The van der Waals surface area contributed by atoms with E-state index in [0.717, 1.165) is 12.0 Å². The normalized spacial score (nSPS) is 10.1. The SMILES string of the molecule is CCc1cccc(Oc2ccc(C(=O)O)nn2)c1. The van der Waals surface area contributed by atoms with E-state index in [9.17, 15) is 4.79 Å². The molecule has 0 aliphatic carbocycles. The average Bonchev–Trinajstić information content (AvgIpc) is 2.39. The zero-order valence-electron chi connectivity index (χ0n) is 9.83. The Morgan fingerprint density at radius 2 is 2.11 bits per heavy atom. The van der Waals surface area contributed by atoms with Gasteiger partial charge in [0.25, 0.3) is 0 Å². The monoisotopic (exact) mass is 244 g/mol. The Kier molecular flexibility index (Phi) is 3.52. The summed E-state index contributed by atoms with van der Waals surface area (Å²) in [4.78, 5) is 10.6. The molecule has 5 nitrogen and oxygen atoms in total. The molecule has 0 fully saturated rings. The van der Waals surface area contributed by atoms with Crippen LogP contribution >= 0.6 is 0 Å². The van der Waals surface area contributed by atoms with Gasteiger partial charge in [0.2, 0.25) is 5.88 Å². The van der Waals surface area contributed by atoms with Gasteiger partial charge in [-0.1, -0.05) is 19.1 Å². The van der Waals surface area contributed by atoms with Gasteiger partial charge in [-0.25, -0.2) is 4.79 Å². The molecule has 1 heterocycles. The fraction of sp³-hybridized carbons (Fsp3) is 0.154. The predicted octanol–water partition coefficient (Wildman–Crippen LogP) is 2.53. The van der Waals surface area contributed by atoms with Crippen LogP contribution in [0, 0.1) is 0 Å². The van der Waals surface area contributed by atoms with Gasteiger partial charge in [-0.3, -0.25) is 0 Å². The molecule has 0 amide bonds. The van der Waals surface area contributed by atoms with Crippen LogP contribution in [0.15, 0.2) is 36.4 Å². The number of aryl methyl sites for hydroxylation is 1. The molecule has 0 saturated heterocycles. The van der Waals surface area contributed by atoms with Gasteiger partial charge in [-0.05, 0) is 30.2 Å². The van der Waals surface area contributed by atoms with Crippen molar-refractivity contribution in [2.24, 2.45) is 0 Å². The first-order valence-corrected chi connectivity index (χ1v) is 5.53. The van der Waals surface area contributed by atoms with Crippen molar-refractivity contribution in [2.45, 2.75) is 13.3 Å². The van der Waals surface area contributed by atoms with Crippen molar-refractivity contribution in [3.05, 3.63) is 47.7 Å². The highest BCUT2D eigenvalue weighted by atomic mass is 16.5. The van der Waals surface area contributed by atoms with Gasteiger partial charge in [0.15, 0.2) is 5.69 Å². The maximum absolute atomic E-state index is 10.6. The zero-order valence-corrected chi connectivity index (χ0v) is 9.83. The molecular formula is C13H12N2O3. The van der Waals surface area contributed by atoms with Gasteiger partial charge in [0.05, 0.1) is 0 Å². The van der Waals surface area contributed by atoms with Crippen molar-refractivity contribution in [1.29, 1.82) is 0 Å². The molecule has 0 atom stereocenters. The Morgan fingerprint density at radius 3 is 2.72 bits per heavy atom. The molecule has 0 bridgehead atoms. The molecule has 0 aliphatic rings. The molecule has 0 saturated carbocycles. The van der Waals surface area contributed by atoms with Crippen LogP contribution < -0.4 is 4.74 Å². The number of nitrogens with zero attached hydrogens (tertiary/aromatic N) is 2. The number of carbonyl (C=O) groups is 1. The molecule has 1 N–H and O–H groups in total.